The van der Waals surface area contributed by atoms with Gasteiger partial charge in [-0.25, -0.2) is 0 Å². The van der Waals surface area contributed by atoms with E-state index in [9.17, 15) is 4.79 Å². The molecule has 0 aromatic rings. The molecule has 0 heterocycles. The molecule has 0 aromatic heterocycles. The van der Waals surface area contributed by atoms with Gasteiger partial charge in [-0.2, -0.15) is 0 Å². The summed E-state index contributed by atoms with van der Waals surface area (Å²) in [5.74, 6) is -0.0413. The Morgan fingerprint density at radius 3 is 2.81 bits per heavy atom. The van der Waals surface area contributed by atoms with Crippen LogP contribution >= 0.6 is 0 Å². The average molecular weight is 292 g/mol. The van der Waals surface area contributed by atoms with E-state index < -0.39 is 5.97 Å². The molecule has 0 saturated carbocycles. The summed E-state index contributed by atoms with van der Waals surface area (Å²) >= 11 is 0. The molecule has 0 saturated heterocycles. The molecule has 0 radical (unpaired) electrons. The zero-order valence-electron chi connectivity index (χ0n) is 13.8. The Kier molecular flexibility index (Phi) is 8.41. The molecule has 21 heavy (non-hydrogen) atoms. The molecule has 0 aromatic carbocycles. The van der Waals surface area contributed by atoms with Crippen molar-refractivity contribution in [3.8, 4) is 0 Å². The first-order valence-electron chi connectivity index (χ1n) is 8.64. The van der Waals surface area contributed by atoms with Crippen LogP contribution in [0.2, 0.25) is 0 Å². The van der Waals surface area contributed by atoms with E-state index in [0.717, 1.165) is 25.7 Å². The van der Waals surface area contributed by atoms with E-state index in [1.807, 2.05) is 0 Å². The Morgan fingerprint density at radius 1 is 1.29 bits per heavy atom. The highest BCUT2D eigenvalue weighted by Crippen LogP contribution is 2.42. The number of unbranched alkanes of at least 4 members (excludes halogenated alkanes) is 5. The monoisotopic (exact) mass is 292 g/mol. The molecule has 1 aliphatic rings. The fourth-order valence-corrected chi connectivity index (χ4v) is 3.16. The van der Waals surface area contributed by atoms with Gasteiger partial charge in [0.15, 0.2) is 0 Å². The average Bonchev–Trinajstić information content (AvgIpc) is 2.79. The number of hydrogen-bond donors (Lipinski definition) is 1. The highest BCUT2D eigenvalue weighted by Gasteiger charge is 2.31. The Morgan fingerprint density at radius 2 is 2.10 bits per heavy atom. The number of rotatable bonds is 11. The summed E-state index contributed by atoms with van der Waals surface area (Å²) in [6.07, 6.45) is 20.3. The maximum absolute atomic E-state index is 10.5. The predicted octanol–water partition coefficient (Wildman–Crippen LogP) is 5.74. The van der Waals surface area contributed by atoms with Crippen molar-refractivity contribution in [2.75, 3.05) is 0 Å². The first-order valence-corrected chi connectivity index (χ1v) is 8.64. The minimum atomic E-state index is -0.671. The van der Waals surface area contributed by atoms with Crippen molar-refractivity contribution in [3.05, 3.63) is 24.3 Å². The van der Waals surface area contributed by atoms with Crippen molar-refractivity contribution in [1.82, 2.24) is 0 Å². The van der Waals surface area contributed by atoms with Crippen LogP contribution in [0, 0.1) is 11.3 Å². The van der Waals surface area contributed by atoms with Gasteiger partial charge in [0.25, 0.3) is 0 Å². The van der Waals surface area contributed by atoms with E-state index in [1.165, 1.54) is 32.1 Å². The highest BCUT2D eigenvalue weighted by molar-refractivity contribution is 5.66. The van der Waals surface area contributed by atoms with Crippen LogP contribution < -0.4 is 0 Å². The Balaban J connectivity index is 2.28. The Hall–Kier alpha value is -1.05. The summed E-state index contributed by atoms with van der Waals surface area (Å²) in [5.41, 5.74) is 0.291. The zero-order valence-corrected chi connectivity index (χ0v) is 13.8. The molecule has 2 atom stereocenters. The van der Waals surface area contributed by atoms with Gasteiger partial charge in [-0.15, -0.1) is 0 Å². The molecule has 1 aliphatic carbocycles. The molecule has 120 valence electrons. The van der Waals surface area contributed by atoms with E-state index >= 15 is 0 Å². The molecule has 2 unspecified atom stereocenters. The van der Waals surface area contributed by atoms with Crippen LogP contribution in [-0.4, -0.2) is 11.1 Å². The summed E-state index contributed by atoms with van der Waals surface area (Å²) in [5, 5.41) is 8.65. The van der Waals surface area contributed by atoms with Crippen molar-refractivity contribution in [3.63, 3.8) is 0 Å². The Labute approximate surface area is 130 Å². The standard InChI is InChI=1S/C19H32O2/c1-3-4-5-6-10-15-19(2)16-11-13-17(19)12-8-7-9-14-18(20)21/h10-11,13,15,17H,3-9,12,14,16H2,1-2H3,(H,20,21)/b15-10-. The SMILES string of the molecule is CCCCC/C=C\C1(C)CC=CC1CCCCCC(=O)O. The molecule has 2 heteroatoms. The van der Waals surface area contributed by atoms with E-state index in [2.05, 4.69) is 38.2 Å². The molecule has 0 bridgehead atoms. The lowest BCUT2D eigenvalue weighted by atomic mass is 9.76. The second-order valence-electron chi connectivity index (χ2n) is 6.64. The molecule has 0 fully saturated rings. The molecule has 0 amide bonds. The van der Waals surface area contributed by atoms with Crippen molar-refractivity contribution in [1.29, 1.82) is 0 Å². The summed E-state index contributed by atoms with van der Waals surface area (Å²) < 4.78 is 0. The fourth-order valence-electron chi connectivity index (χ4n) is 3.16. The third-order valence-corrected chi connectivity index (χ3v) is 4.65. The predicted molar refractivity (Wildman–Crippen MR) is 89.4 cm³/mol. The minimum Gasteiger partial charge on any atom is -0.481 e. The lowest BCUT2D eigenvalue weighted by Crippen LogP contribution is -2.19. The van der Waals surface area contributed by atoms with Crippen molar-refractivity contribution < 1.29 is 9.90 Å². The number of carboxylic acids is 1. The third-order valence-electron chi connectivity index (χ3n) is 4.65. The van der Waals surface area contributed by atoms with Gasteiger partial charge in [-0.3, -0.25) is 4.79 Å². The van der Waals surface area contributed by atoms with Crippen LogP contribution in [0.3, 0.4) is 0 Å². The summed E-state index contributed by atoms with van der Waals surface area (Å²) in [4.78, 5) is 10.5. The molecular weight excluding hydrogens is 260 g/mol. The van der Waals surface area contributed by atoms with Gasteiger partial charge in [-0.05, 0) is 43.4 Å². The number of hydrogen-bond acceptors (Lipinski definition) is 1. The highest BCUT2D eigenvalue weighted by atomic mass is 16.4. The number of allylic oxidation sites excluding steroid dienone is 4. The van der Waals surface area contributed by atoms with Gasteiger partial charge in [0.1, 0.15) is 0 Å². The molecule has 1 rings (SSSR count). The summed E-state index contributed by atoms with van der Waals surface area (Å²) in [6.45, 7) is 4.61. The van der Waals surface area contributed by atoms with Crippen LogP contribution in [0.4, 0.5) is 0 Å². The van der Waals surface area contributed by atoms with E-state index in [-0.39, 0.29) is 0 Å². The van der Waals surface area contributed by atoms with Gasteiger partial charge in [-0.1, -0.05) is 63.8 Å². The van der Waals surface area contributed by atoms with Crippen LogP contribution in [0.5, 0.6) is 0 Å². The number of aliphatic carboxylic acids is 1. The van der Waals surface area contributed by atoms with Crippen LogP contribution in [-0.2, 0) is 4.79 Å². The summed E-state index contributed by atoms with van der Waals surface area (Å²) in [6, 6.07) is 0. The lowest BCUT2D eigenvalue weighted by Gasteiger charge is -2.28. The van der Waals surface area contributed by atoms with Crippen LogP contribution in [0.25, 0.3) is 0 Å². The van der Waals surface area contributed by atoms with Gasteiger partial charge >= 0.3 is 5.97 Å². The van der Waals surface area contributed by atoms with Crippen molar-refractivity contribution >= 4 is 5.97 Å². The van der Waals surface area contributed by atoms with Gasteiger partial charge in [0.05, 0.1) is 0 Å². The fraction of sp³-hybridized carbons (Fsp3) is 0.737. The zero-order chi connectivity index (χ0) is 15.6. The number of carbonyl (C=O) groups is 1. The first kappa shape index (κ1) is 18.0. The maximum atomic E-state index is 10.5. The molecule has 0 spiro atoms. The molecular formula is C19H32O2. The summed E-state index contributed by atoms with van der Waals surface area (Å²) in [7, 11) is 0. The molecule has 1 N–H and O–H groups in total. The topological polar surface area (TPSA) is 37.3 Å². The van der Waals surface area contributed by atoms with Gasteiger partial charge < -0.3 is 5.11 Å². The Bertz CT molecular complexity index is 357. The van der Waals surface area contributed by atoms with Gasteiger partial charge in [0, 0.05) is 6.42 Å². The van der Waals surface area contributed by atoms with Gasteiger partial charge in [0.2, 0.25) is 0 Å². The lowest BCUT2D eigenvalue weighted by molar-refractivity contribution is -0.137. The largest absolute Gasteiger partial charge is 0.481 e. The van der Waals surface area contributed by atoms with E-state index in [0.29, 0.717) is 17.8 Å². The quantitative estimate of drug-likeness (QED) is 0.389. The van der Waals surface area contributed by atoms with Crippen LogP contribution in [0.1, 0.15) is 78.1 Å². The normalized spacial score (nSPS) is 25.0. The second-order valence-corrected chi connectivity index (χ2v) is 6.64. The molecule has 0 aliphatic heterocycles. The smallest absolute Gasteiger partial charge is 0.303 e. The van der Waals surface area contributed by atoms with Crippen molar-refractivity contribution in [2.24, 2.45) is 11.3 Å². The van der Waals surface area contributed by atoms with Crippen LogP contribution in [0.15, 0.2) is 24.3 Å². The first-order chi connectivity index (χ1) is 10.1. The van der Waals surface area contributed by atoms with E-state index in [4.69, 9.17) is 5.11 Å². The van der Waals surface area contributed by atoms with E-state index in [1.54, 1.807) is 0 Å². The number of carboxylic acid groups (broad SMARTS) is 1. The maximum Gasteiger partial charge on any atom is 0.303 e. The third kappa shape index (κ3) is 6.97. The second kappa shape index (κ2) is 9.81. The molecule has 2 nitrogen and oxygen atoms in total. The minimum absolute atomic E-state index is 0.291. The van der Waals surface area contributed by atoms with Crippen molar-refractivity contribution in [2.45, 2.75) is 78.1 Å².